The molecule has 0 radical (unpaired) electrons. The molecule has 0 atom stereocenters. The molecule has 2 aliphatic carbocycles. The summed E-state index contributed by atoms with van der Waals surface area (Å²) in [5, 5.41) is 7.90. The molecule has 138 valence electrons. The quantitative estimate of drug-likeness (QED) is 0.871. The summed E-state index contributed by atoms with van der Waals surface area (Å²) in [6.07, 6.45) is 8.21. The van der Waals surface area contributed by atoms with Crippen molar-refractivity contribution in [3.05, 3.63) is 35.8 Å². The van der Waals surface area contributed by atoms with Crippen molar-refractivity contribution in [3.8, 4) is 5.95 Å². The second-order valence-corrected chi connectivity index (χ2v) is 7.24. The van der Waals surface area contributed by atoms with Gasteiger partial charge in [-0.15, -0.1) is 0 Å². The van der Waals surface area contributed by atoms with Gasteiger partial charge in [-0.05, 0) is 50.7 Å². The van der Waals surface area contributed by atoms with Crippen molar-refractivity contribution < 1.29 is 8.78 Å². The number of nitrogens with zero attached hydrogens (tertiary/aromatic N) is 4. The largest absolute Gasteiger partial charge is 0.367 e. The molecule has 1 fully saturated rings. The summed E-state index contributed by atoms with van der Waals surface area (Å²) in [5.41, 5.74) is 3.06. The van der Waals surface area contributed by atoms with Gasteiger partial charge in [0.1, 0.15) is 5.82 Å². The van der Waals surface area contributed by atoms with Crippen LogP contribution in [0, 0.1) is 6.92 Å². The number of hydrogen-bond donors (Lipinski definition) is 1. The number of aryl methyl sites for hydroxylation is 1. The van der Waals surface area contributed by atoms with Crippen molar-refractivity contribution in [1.82, 2.24) is 19.7 Å². The maximum atomic E-state index is 13.3. The van der Waals surface area contributed by atoms with E-state index in [0.717, 1.165) is 24.2 Å². The number of hydrogen-bond acceptors (Lipinski definition) is 4. The van der Waals surface area contributed by atoms with Crippen molar-refractivity contribution in [3.63, 3.8) is 0 Å². The zero-order valence-corrected chi connectivity index (χ0v) is 14.9. The first-order valence-electron chi connectivity index (χ1n) is 9.24. The molecule has 2 aromatic heterocycles. The third-order valence-corrected chi connectivity index (χ3v) is 5.08. The van der Waals surface area contributed by atoms with Gasteiger partial charge in [-0.2, -0.15) is 10.1 Å². The highest BCUT2D eigenvalue weighted by atomic mass is 19.3. The fourth-order valence-corrected chi connectivity index (χ4v) is 3.63. The number of anilines is 1. The fourth-order valence-electron chi connectivity index (χ4n) is 3.63. The Labute approximate surface area is 151 Å². The number of allylic oxidation sites excluding steroid dienone is 2. The van der Waals surface area contributed by atoms with Gasteiger partial charge in [0.2, 0.25) is 5.92 Å². The standard InChI is InChI=1S/C19H23F2N5/c1-13-12-17(23-15-6-9-19(20,21)10-7-15)24-18(22-13)26-11-8-16(25-26)14-4-2-3-5-14/h4,8,11-12,15H,2-3,5-7,9-10H2,1H3,(H,22,23,24). The van der Waals surface area contributed by atoms with Gasteiger partial charge in [-0.3, -0.25) is 0 Å². The topological polar surface area (TPSA) is 55.6 Å². The molecule has 2 heterocycles. The van der Waals surface area contributed by atoms with E-state index in [1.165, 1.54) is 12.0 Å². The molecule has 7 heteroatoms. The molecular formula is C19H23F2N5. The van der Waals surface area contributed by atoms with Crippen LogP contribution in [0.15, 0.2) is 24.4 Å². The third-order valence-electron chi connectivity index (χ3n) is 5.08. The monoisotopic (exact) mass is 359 g/mol. The predicted molar refractivity (Wildman–Crippen MR) is 96.5 cm³/mol. The van der Waals surface area contributed by atoms with Crippen molar-refractivity contribution in [1.29, 1.82) is 0 Å². The molecule has 1 saturated carbocycles. The van der Waals surface area contributed by atoms with Crippen molar-refractivity contribution in [2.75, 3.05) is 5.32 Å². The summed E-state index contributed by atoms with van der Waals surface area (Å²) in [4.78, 5) is 9.02. The predicted octanol–water partition coefficient (Wildman–Crippen LogP) is 4.53. The van der Waals surface area contributed by atoms with E-state index in [9.17, 15) is 8.78 Å². The van der Waals surface area contributed by atoms with Gasteiger partial charge in [-0.25, -0.2) is 18.4 Å². The molecule has 0 saturated heterocycles. The van der Waals surface area contributed by atoms with Gasteiger partial charge in [0.25, 0.3) is 5.95 Å². The number of aromatic nitrogens is 4. The zero-order chi connectivity index (χ0) is 18.1. The third kappa shape index (κ3) is 3.76. The van der Waals surface area contributed by atoms with Crippen LogP contribution in [0.1, 0.15) is 56.3 Å². The smallest absolute Gasteiger partial charge is 0.252 e. The molecule has 1 N–H and O–H groups in total. The summed E-state index contributed by atoms with van der Waals surface area (Å²) in [6.45, 7) is 1.90. The Bertz CT molecular complexity index is 817. The Morgan fingerprint density at radius 3 is 2.77 bits per heavy atom. The minimum atomic E-state index is -2.52. The van der Waals surface area contributed by atoms with Gasteiger partial charge >= 0.3 is 0 Å². The molecule has 0 bridgehead atoms. The first-order chi connectivity index (χ1) is 12.5. The van der Waals surface area contributed by atoms with Crippen LogP contribution in [0.3, 0.4) is 0 Å². The van der Waals surface area contributed by atoms with Crippen LogP contribution in [0.25, 0.3) is 11.5 Å². The Morgan fingerprint density at radius 2 is 2.04 bits per heavy atom. The maximum Gasteiger partial charge on any atom is 0.252 e. The van der Waals surface area contributed by atoms with Gasteiger partial charge in [0.05, 0.1) is 5.69 Å². The Balaban J connectivity index is 1.51. The molecular weight excluding hydrogens is 336 g/mol. The molecule has 2 aromatic rings. The van der Waals surface area contributed by atoms with E-state index in [-0.39, 0.29) is 18.9 Å². The first kappa shape index (κ1) is 17.1. The first-order valence-corrected chi connectivity index (χ1v) is 9.24. The summed E-state index contributed by atoms with van der Waals surface area (Å²) in [5.74, 6) is -1.36. The average Bonchev–Trinajstić information content (AvgIpc) is 3.27. The number of rotatable bonds is 4. The second kappa shape index (κ2) is 6.78. The normalized spacial score (nSPS) is 20.2. The highest BCUT2D eigenvalue weighted by molar-refractivity contribution is 5.64. The molecule has 0 aromatic carbocycles. The molecule has 0 unspecified atom stereocenters. The summed E-state index contributed by atoms with van der Waals surface area (Å²) < 4.78 is 28.3. The van der Waals surface area contributed by atoms with E-state index in [1.54, 1.807) is 4.68 Å². The van der Waals surface area contributed by atoms with Crippen LogP contribution < -0.4 is 5.32 Å². The minimum Gasteiger partial charge on any atom is -0.367 e. The van der Waals surface area contributed by atoms with Gasteiger partial charge in [0, 0.05) is 36.8 Å². The Morgan fingerprint density at radius 1 is 1.23 bits per heavy atom. The van der Waals surface area contributed by atoms with E-state index in [0.29, 0.717) is 24.6 Å². The summed E-state index contributed by atoms with van der Waals surface area (Å²) in [6, 6.07) is 3.85. The van der Waals surface area contributed by atoms with Crippen LogP contribution in [-0.2, 0) is 0 Å². The van der Waals surface area contributed by atoms with Crippen molar-refractivity contribution >= 4 is 11.4 Å². The lowest BCUT2D eigenvalue weighted by atomic mass is 9.92. The lowest BCUT2D eigenvalue weighted by Crippen LogP contribution is -2.32. The SMILES string of the molecule is Cc1cc(NC2CCC(F)(F)CC2)nc(-n2ccc(C3=CCCC3)n2)n1. The lowest BCUT2D eigenvalue weighted by Gasteiger charge is -2.29. The number of alkyl halides is 2. The lowest BCUT2D eigenvalue weighted by molar-refractivity contribution is -0.0361. The van der Waals surface area contributed by atoms with E-state index in [4.69, 9.17) is 0 Å². The molecule has 4 rings (SSSR count). The molecule has 0 aliphatic heterocycles. The van der Waals surface area contributed by atoms with E-state index in [1.807, 2.05) is 25.3 Å². The Hall–Kier alpha value is -2.31. The molecule has 26 heavy (non-hydrogen) atoms. The highest BCUT2D eigenvalue weighted by Gasteiger charge is 2.35. The summed E-state index contributed by atoms with van der Waals surface area (Å²) in [7, 11) is 0. The maximum absolute atomic E-state index is 13.3. The molecule has 2 aliphatic rings. The van der Waals surface area contributed by atoms with E-state index in [2.05, 4.69) is 26.5 Å². The fraction of sp³-hybridized carbons (Fsp3) is 0.526. The molecule has 5 nitrogen and oxygen atoms in total. The van der Waals surface area contributed by atoms with Crippen LogP contribution in [-0.4, -0.2) is 31.7 Å². The molecule has 0 amide bonds. The van der Waals surface area contributed by atoms with Gasteiger partial charge < -0.3 is 5.32 Å². The van der Waals surface area contributed by atoms with E-state index >= 15 is 0 Å². The van der Waals surface area contributed by atoms with Crippen molar-refractivity contribution in [2.45, 2.75) is 63.8 Å². The molecule has 0 spiro atoms. The van der Waals surface area contributed by atoms with Crippen LogP contribution in [0.4, 0.5) is 14.6 Å². The Kier molecular flexibility index (Phi) is 4.46. The summed E-state index contributed by atoms with van der Waals surface area (Å²) >= 11 is 0. The van der Waals surface area contributed by atoms with E-state index < -0.39 is 5.92 Å². The zero-order valence-electron chi connectivity index (χ0n) is 14.9. The van der Waals surface area contributed by atoms with Crippen LogP contribution >= 0.6 is 0 Å². The van der Waals surface area contributed by atoms with Gasteiger partial charge in [-0.1, -0.05) is 6.08 Å². The average molecular weight is 359 g/mol. The van der Waals surface area contributed by atoms with Crippen LogP contribution in [0.2, 0.25) is 0 Å². The number of nitrogens with one attached hydrogen (secondary N) is 1. The highest BCUT2D eigenvalue weighted by Crippen LogP contribution is 2.34. The van der Waals surface area contributed by atoms with Gasteiger partial charge in [0.15, 0.2) is 0 Å². The van der Waals surface area contributed by atoms with Crippen LogP contribution in [0.5, 0.6) is 0 Å². The van der Waals surface area contributed by atoms with Crippen molar-refractivity contribution in [2.24, 2.45) is 0 Å². The number of halogens is 2. The minimum absolute atomic E-state index is 0.0219. The second-order valence-electron chi connectivity index (χ2n) is 7.24.